The topological polar surface area (TPSA) is 57.8 Å². The number of thiazole rings is 1. The highest BCUT2D eigenvalue weighted by atomic mass is 32.1. The first-order valence-electron chi connectivity index (χ1n) is 7.48. The highest BCUT2D eigenvalue weighted by molar-refractivity contribution is 7.13. The number of nitrogens with zero attached hydrogens (tertiary/aromatic N) is 4. The number of aromatic nitrogens is 1. The van der Waals surface area contributed by atoms with Gasteiger partial charge in [0.05, 0.1) is 5.69 Å². The van der Waals surface area contributed by atoms with Crippen LogP contribution in [0.1, 0.15) is 32.4 Å². The molecule has 0 aromatic carbocycles. The van der Waals surface area contributed by atoms with E-state index < -0.39 is 0 Å². The van der Waals surface area contributed by atoms with E-state index in [9.17, 15) is 0 Å². The minimum atomic E-state index is 0.644. The van der Waals surface area contributed by atoms with Crippen molar-refractivity contribution in [2.24, 2.45) is 10.7 Å². The molecular weight excluding hydrogens is 270 g/mol. The molecule has 0 radical (unpaired) electrons. The van der Waals surface area contributed by atoms with Gasteiger partial charge >= 0.3 is 0 Å². The second-order valence-electron chi connectivity index (χ2n) is 4.98. The molecule has 0 saturated carbocycles. The number of aliphatic imine (C=N–C) groups is 1. The zero-order valence-corrected chi connectivity index (χ0v) is 13.3. The molecule has 0 aliphatic carbocycles. The van der Waals surface area contributed by atoms with Crippen molar-refractivity contribution in [1.29, 1.82) is 0 Å². The third-order valence-corrected chi connectivity index (χ3v) is 4.60. The summed E-state index contributed by atoms with van der Waals surface area (Å²) >= 11 is 1.75. The minimum absolute atomic E-state index is 0.644. The van der Waals surface area contributed by atoms with E-state index in [0.29, 0.717) is 12.5 Å². The largest absolute Gasteiger partial charge is 0.370 e. The lowest BCUT2D eigenvalue weighted by Crippen LogP contribution is -2.37. The van der Waals surface area contributed by atoms with E-state index in [0.717, 1.165) is 43.4 Å². The molecular formula is C14H25N5S. The minimum Gasteiger partial charge on any atom is -0.370 e. The fourth-order valence-electron chi connectivity index (χ4n) is 2.40. The molecule has 5 nitrogen and oxygen atoms in total. The Labute approximate surface area is 125 Å². The Morgan fingerprint density at radius 2 is 2.10 bits per heavy atom. The third kappa shape index (κ3) is 3.85. The molecule has 0 atom stereocenters. The van der Waals surface area contributed by atoms with Crippen LogP contribution in [0.5, 0.6) is 0 Å². The third-order valence-electron chi connectivity index (χ3n) is 3.65. The van der Waals surface area contributed by atoms with E-state index >= 15 is 0 Å². The van der Waals surface area contributed by atoms with Crippen molar-refractivity contribution < 1.29 is 0 Å². The predicted octanol–water partition coefficient (Wildman–Crippen LogP) is 1.94. The zero-order chi connectivity index (χ0) is 14.4. The maximum atomic E-state index is 5.96. The average Bonchev–Trinajstić information content (AvgIpc) is 3.10. The molecule has 20 heavy (non-hydrogen) atoms. The van der Waals surface area contributed by atoms with Gasteiger partial charge in [-0.3, -0.25) is 4.99 Å². The van der Waals surface area contributed by atoms with Crippen molar-refractivity contribution in [1.82, 2.24) is 9.88 Å². The van der Waals surface area contributed by atoms with E-state index in [2.05, 4.69) is 34.0 Å². The molecule has 0 amide bonds. The Morgan fingerprint density at radius 3 is 2.75 bits per heavy atom. The number of anilines is 1. The molecule has 1 aromatic heterocycles. The van der Waals surface area contributed by atoms with Crippen LogP contribution in [-0.2, 0) is 6.42 Å². The van der Waals surface area contributed by atoms with Crippen LogP contribution in [0.3, 0.4) is 0 Å². The second-order valence-corrected chi connectivity index (χ2v) is 5.81. The average molecular weight is 295 g/mol. The molecule has 0 spiro atoms. The second kappa shape index (κ2) is 7.47. The van der Waals surface area contributed by atoms with Crippen LogP contribution < -0.4 is 10.6 Å². The quantitative estimate of drug-likeness (QED) is 0.644. The molecule has 0 unspecified atom stereocenters. The maximum Gasteiger partial charge on any atom is 0.191 e. The van der Waals surface area contributed by atoms with Crippen molar-refractivity contribution in [2.45, 2.75) is 33.1 Å². The Bertz CT molecular complexity index is 433. The van der Waals surface area contributed by atoms with Gasteiger partial charge in [0.15, 0.2) is 11.1 Å². The number of guanidine groups is 1. The Kier molecular flexibility index (Phi) is 5.64. The Morgan fingerprint density at radius 1 is 1.40 bits per heavy atom. The van der Waals surface area contributed by atoms with Crippen LogP contribution in [0.25, 0.3) is 0 Å². The van der Waals surface area contributed by atoms with Gasteiger partial charge in [0.25, 0.3) is 0 Å². The van der Waals surface area contributed by atoms with Crippen LogP contribution in [0.15, 0.2) is 10.4 Å². The van der Waals surface area contributed by atoms with Crippen molar-refractivity contribution in [2.75, 3.05) is 37.6 Å². The van der Waals surface area contributed by atoms with Crippen LogP contribution >= 0.6 is 11.3 Å². The highest BCUT2D eigenvalue weighted by Crippen LogP contribution is 2.24. The van der Waals surface area contributed by atoms with Gasteiger partial charge in [0.2, 0.25) is 0 Å². The zero-order valence-electron chi connectivity index (χ0n) is 12.5. The maximum absolute atomic E-state index is 5.96. The van der Waals surface area contributed by atoms with E-state index in [1.807, 2.05) is 0 Å². The fraction of sp³-hybridized carbons (Fsp3) is 0.714. The van der Waals surface area contributed by atoms with Gasteiger partial charge in [-0.15, -0.1) is 11.3 Å². The van der Waals surface area contributed by atoms with E-state index in [-0.39, 0.29) is 0 Å². The van der Waals surface area contributed by atoms with Crippen molar-refractivity contribution in [3.63, 3.8) is 0 Å². The van der Waals surface area contributed by atoms with Gasteiger partial charge in [0.1, 0.15) is 0 Å². The lowest BCUT2D eigenvalue weighted by atomic mass is 10.3. The predicted molar refractivity (Wildman–Crippen MR) is 86.7 cm³/mol. The lowest BCUT2D eigenvalue weighted by molar-refractivity contribution is 0.458. The number of nitrogens with two attached hydrogens (primary N) is 1. The molecule has 2 N–H and O–H groups in total. The number of hydrogen-bond donors (Lipinski definition) is 1. The summed E-state index contributed by atoms with van der Waals surface area (Å²) in [5.74, 6) is 0.644. The summed E-state index contributed by atoms with van der Waals surface area (Å²) in [5, 5.41) is 3.31. The standard InChI is InChI=1S/C14H25N5S/c1-3-18(4-2)13(15)16-8-7-12-11-20-14(17-12)19-9-5-6-10-19/h11H,3-10H2,1-2H3,(H2,15,16). The van der Waals surface area contributed by atoms with E-state index in [1.54, 1.807) is 11.3 Å². The van der Waals surface area contributed by atoms with Crippen LogP contribution in [0, 0.1) is 0 Å². The first kappa shape index (κ1) is 15.1. The molecule has 2 heterocycles. The summed E-state index contributed by atoms with van der Waals surface area (Å²) in [5.41, 5.74) is 7.09. The van der Waals surface area contributed by atoms with Crippen molar-refractivity contribution in [3.05, 3.63) is 11.1 Å². The molecule has 1 saturated heterocycles. The SMILES string of the molecule is CCN(CC)C(N)=NCCc1csc(N2CCCC2)n1. The molecule has 2 rings (SSSR count). The van der Waals surface area contributed by atoms with Crippen LogP contribution in [0.4, 0.5) is 5.13 Å². The number of hydrogen-bond acceptors (Lipinski definition) is 4. The summed E-state index contributed by atoms with van der Waals surface area (Å²) in [6, 6.07) is 0. The molecule has 1 aliphatic rings. The normalized spacial score (nSPS) is 15.9. The molecule has 0 bridgehead atoms. The van der Waals surface area contributed by atoms with Gasteiger partial charge in [-0.1, -0.05) is 0 Å². The van der Waals surface area contributed by atoms with Gasteiger partial charge in [-0.2, -0.15) is 0 Å². The summed E-state index contributed by atoms with van der Waals surface area (Å²) in [6.07, 6.45) is 3.45. The fourth-order valence-corrected chi connectivity index (χ4v) is 3.31. The molecule has 1 aliphatic heterocycles. The van der Waals surface area contributed by atoms with Crippen LogP contribution in [0.2, 0.25) is 0 Å². The smallest absolute Gasteiger partial charge is 0.191 e. The Hall–Kier alpha value is -1.30. The Balaban J connectivity index is 1.83. The van der Waals surface area contributed by atoms with E-state index in [1.165, 1.54) is 12.8 Å². The number of rotatable bonds is 6. The van der Waals surface area contributed by atoms with Gasteiger partial charge in [-0.05, 0) is 26.7 Å². The van der Waals surface area contributed by atoms with Gasteiger partial charge < -0.3 is 15.5 Å². The lowest BCUT2D eigenvalue weighted by Gasteiger charge is -2.19. The van der Waals surface area contributed by atoms with Gasteiger partial charge in [-0.25, -0.2) is 4.98 Å². The molecule has 6 heteroatoms. The summed E-state index contributed by atoms with van der Waals surface area (Å²) in [7, 11) is 0. The molecule has 112 valence electrons. The summed E-state index contributed by atoms with van der Waals surface area (Å²) in [4.78, 5) is 13.6. The summed E-state index contributed by atoms with van der Waals surface area (Å²) < 4.78 is 0. The summed E-state index contributed by atoms with van der Waals surface area (Å²) in [6.45, 7) is 9.01. The van der Waals surface area contributed by atoms with Crippen molar-refractivity contribution >= 4 is 22.4 Å². The molecule has 1 fully saturated rings. The van der Waals surface area contributed by atoms with Crippen molar-refractivity contribution in [3.8, 4) is 0 Å². The first-order valence-corrected chi connectivity index (χ1v) is 8.36. The van der Waals surface area contributed by atoms with Crippen LogP contribution in [-0.4, -0.2) is 48.6 Å². The van der Waals surface area contributed by atoms with Gasteiger partial charge in [0, 0.05) is 44.5 Å². The van der Waals surface area contributed by atoms with E-state index in [4.69, 9.17) is 10.7 Å². The monoisotopic (exact) mass is 295 g/mol. The molecule has 1 aromatic rings. The first-order chi connectivity index (χ1) is 9.74. The highest BCUT2D eigenvalue weighted by Gasteiger charge is 2.15.